The summed E-state index contributed by atoms with van der Waals surface area (Å²) in [6.07, 6.45) is -4.02. The van der Waals surface area contributed by atoms with E-state index in [2.05, 4.69) is 27.4 Å². The minimum absolute atomic E-state index is 0.179. The van der Waals surface area contributed by atoms with Crippen molar-refractivity contribution in [1.29, 1.82) is 0 Å². The monoisotopic (exact) mass is 376 g/mol. The number of aryl methyl sites for hydroxylation is 1. The van der Waals surface area contributed by atoms with Crippen LogP contribution in [0.5, 0.6) is 0 Å². The second-order valence-corrected chi connectivity index (χ2v) is 6.71. The number of benzene rings is 1. The molecule has 1 saturated heterocycles. The van der Waals surface area contributed by atoms with Gasteiger partial charge in [-0.1, -0.05) is 17.7 Å². The van der Waals surface area contributed by atoms with E-state index in [1.807, 2.05) is 18.2 Å². The van der Waals surface area contributed by atoms with Gasteiger partial charge in [0, 0.05) is 43.9 Å². The van der Waals surface area contributed by atoms with Gasteiger partial charge in [0.05, 0.1) is 6.42 Å². The Hall–Kier alpha value is -1.63. The predicted molar refractivity (Wildman–Crippen MR) is 96.5 cm³/mol. The summed E-state index contributed by atoms with van der Waals surface area (Å²) in [6, 6.07) is 5.87. The Morgan fingerprint density at radius 3 is 2.80 bits per heavy atom. The fraction of sp³-hybridized carbons (Fsp3) is 0.588. The predicted octanol–water partition coefficient (Wildman–Crippen LogP) is 3.59. The highest BCUT2D eigenvalue weighted by molar-refractivity contribution is 6.30. The molecule has 0 radical (unpaired) electrons. The number of rotatable bonds is 5. The van der Waals surface area contributed by atoms with E-state index in [1.54, 1.807) is 7.05 Å². The third-order valence-corrected chi connectivity index (χ3v) is 4.52. The summed E-state index contributed by atoms with van der Waals surface area (Å²) in [5.74, 6) is 0.807. The molecule has 1 fully saturated rings. The number of nitrogens with one attached hydrogen (secondary N) is 2. The lowest BCUT2D eigenvalue weighted by molar-refractivity contribution is -0.132. The number of alkyl halides is 3. The largest absolute Gasteiger partial charge is 0.390 e. The van der Waals surface area contributed by atoms with Crippen LogP contribution in [0.1, 0.15) is 18.4 Å². The van der Waals surface area contributed by atoms with Crippen molar-refractivity contribution < 1.29 is 13.2 Å². The molecule has 0 aliphatic carbocycles. The van der Waals surface area contributed by atoms with Crippen molar-refractivity contribution in [2.45, 2.75) is 25.9 Å². The van der Waals surface area contributed by atoms with Gasteiger partial charge in [0.2, 0.25) is 0 Å². The van der Waals surface area contributed by atoms with Gasteiger partial charge >= 0.3 is 6.18 Å². The van der Waals surface area contributed by atoms with Crippen molar-refractivity contribution in [3.63, 3.8) is 0 Å². The van der Waals surface area contributed by atoms with Crippen molar-refractivity contribution in [1.82, 2.24) is 10.6 Å². The molecule has 0 bridgehead atoms. The van der Waals surface area contributed by atoms with Gasteiger partial charge in [-0.2, -0.15) is 13.2 Å². The number of hydrogen-bond acceptors (Lipinski definition) is 2. The van der Waals surface area contributed by atoms with E-state index >= 15 is 0 Å². The maximum Gasteiger partial charge on any atom is 0.390 e. The Labute approximate surface area is 151 Å². The minimum atomic E-state index is -4.16. The number of halogens is 4. The lowest BCUT2D eigenvalue weighted by Crippen LogP contribution is -2.41. The average Bonchev–Trinajstić information content (AvgIpc) is 3.00. The first-order chi connectivity index (χ1) is 11.8. The standard InChI is InChI=1S/C17H24ClF3N4/c1-12-3-4-14(18)9-15(12)25-8-5-13(11-25)10-24-16(22-2)23-7-6-17(19,20)21/h3-4,9,13H,5-8,10-11H2,1-2H3,(H2,22,23,24). The zero-order chi connectivity index (χ0) is 18.4. The van der Waals surface area contributed by atoms with Gasteiger partial charge < -0.3 is 15.5 Å². The van der Waals surface area contributed by atoms with E-state index < -0.39 is 12.6 Å². The molecular weight excluding hydrogens is 353 g/mol. The van der Waals surface area contributed by atoms with Crippen LogP contribution in [-0.2, 0) is 0 Å². The second-order valence-electron chi connectivity index (χ2n) is 6.28. The fourth-order valence-electron chi connectivity index (χ4n) is 2.93. The normalized spacial score (nSPS) is 18.6. The molecule has 1 unspecified atom stereocenters. The molecule has 1 heterocycles. The molecule has 1 aliphatic heterocycles. The van der Waals surface area contributed by atoms with Crippen LogP contribution in [0, 0.1) is 12.8 Å². The Morgan fingerprint density at radius 2 is 2.12 bits per heavy atom. The zero-order valence-corrected chi connectivity index (χ0v) is 15.2. The molecule has 0 spiro atoms. The van der Waals surface area contributed by atoms with Crippen LogP contribution < -0.4 is 15.5 Å². The smallest absolute Gasteiger partial charge is 0.371 e. The molecule has 2 N–H and O–H groups in total. The molecule has 25 heavy (non-hydrogen) atoms. The highest BCUT2D eigenvalue weighted by Gasteiger charge is 2.27. The quantitative estimate of drug-likeness (QED) is 0.609. The molecule has 4 nitrogen and oxygen atoms in total. The molecule has 8 heteroatoms. The second kappa shape index (κ2) is 8.65. The van der Waals surface area contributed by atoms with Crippen LogP contribution in [0.2, 0.25) is 5.02 Å². The van der Waals surface area contributed by atoms with E-state index in [4.69, 9.17) is 11.6 Å². The van der Waals surface area contributed by atoms with Gasteiger partial charge in [-0.15, -0.1) is 0 Å². The minimum Gasteiger partial charge on any atom is -0.371 e. The van der Waals surface area contributed by atoms with Crippen LogP contribution in [-0.4, -0.2) is 45.4 Å². The van der Waals surface area contributed by atoms with E-state index in [-0.39, 0.29) is 6.54 Å². The van der Waals surface area contributed by atoms with E-state index in [0.717, 1.165) is 30.2 Å². The summed E-state index contributed by atoms with van der Waals surface area (Å²) in [7, 11) is 1.55. The molecule has 0 amide bonds. The topological polar surface area (TPSA) is 39.7 Å². The van der Waals surface area contributed by atoms with Gasteiger partial charge in [0.25, 0.3) is 0 Å². The van der Waals surface area contributed by atoms with Gasteiger partial charge in [-0.25, -0.2) is 0 Å². The summed E-state index contributed by atoms with van der Waals surface area (Å²) in [6.45, 7) is 4.37. The van der Waals surface area contributed by atoms with Crippen molar-refractivity contribution in [2.75, 3.05) is 38.1 Å². The first-order valence-electron chi connectivity index (χ1n) is 8.31. The Balaban J connectivity index is 1.79. The van der Waals surface area contributed by atoms with Crippen LogP contribution in [0.4, 0.5) is 18.9 Å². The van der Waals surface area contributed by atoms with Crippen LogP contribution in [0.15, 0.2) is 23.2 Å². The van der Waals surface area contributed by atoms with Crippen LogP contribution in [0.3, 0.4) is 0 Å². The molecule has 2 rings (SSSR count). The molecule has 1 aromatic carbocycles. The highest BCUT2D eigenvalue weighted by Crippen LogP contribution is 2.29. The van der Waals surface area contributed by atoms with Gasteiger partial charge in [0.1, 0.15) is 0 Å². The van der Waals surface area contributed by atoms with Crippen molar-refractivity contribution in [3.8, 4) is 0 Å². The van der Waals surface area contributed by atoms with Gasteiger partial charge in [-0.05, 0) is 37.0 Å². The molecule has 1 aliphatic rings. The lowest BCUT2D eigenvalue weighted by Gasteiger charge is -2.21. The van der Waals surface area contributed by atoms with E-state index in [1.165, 1.54) is 5.56 Å². The number of nitrogens with zero attached hydrogens (tertiary/aromatic N) is 2. The van der Waals surface area contributed by atoms with Crippen molar-refractivity contribution in [3.05, 3.63) is 28.8 Å². The van der Waals surface area contributed by atoms with E-state index in [0.29, 0.717) is 18.4 Å². The summed E-state index contributed by atoms with van der Waals surface area (Å²) in [4.78, 5) is 6.27. The maximum absolute atomic E-state index is 12.2. The average molecular weight is 377 g/mol. The number of anilines is 1. The lowest BCUT2D eigenvalue weighted by atomic mass is 10.1. The summed E-state index contributed by atoms with van der Waals surface area (Å²) in [5, 5.41) is 6.53. The van der Waals surface area contributed by atoms with Crippen molar-refractivity contribution >= 4 is 23.2 Å². The molecule has 1 aromatic rings. The van der Waals surface area contributed by atoms with Gasteiger partial charge in [0.15, 0.2) is 5.96 Å². The highest BCUT2D eigenvalue weighted by atomic mass is 35.5. The third-order valence-electron chi connectivity index (χ3n) is 4.28. The van der Waals surface area contributed by atoms with Crippen LogP contribution >= 0.6 is 11.6 Å². The number of hydrogen-bond donors (Lipinski definition) is 2. The number of guanidine groups is 1. The first kappa shape index (κ1) is 19.7. The summed E-state index contributed by atoms with van der Waals surface area (Å²) in [5.41, 5.74) is 2.32. The molecule has 0 saturated carbocycles. The Morgan fingerprint density at radius 1 is 1.36 bits per heavy atom. The fourth-order valence-corrected chi connectivity index (χ4v) is 3.09. The molecule has 140 valence electrons. The van der Waals surface area contributed by atoms with Crippen molar-refractivity contribution in [2.24, 2.45) is 10.9 Å². The van der Waals surface area contributed by atoms with Crippen LogP contribution in [0.25, 0.3) is 0 Å². The summed E-state index contributed by atoms with van der Waals surface area (Å²) >= 11 is 6.09. The molecule has 1 atom stereocenters. The Bertz CT molecular complexity index is 604. The summed E-state index contributed by atoms with van der Waals surface area (Å²) < 4.78 is 36.6. The SMILES string of the molecule is CN=C(NCCC(F)(F)F)NCC1CCN(c2cc(Cl)ccc2C)C1. The Kier molecular flexibility index (Phi) is 6.81. The third kappa shape index (κ3) is 6.30. The number of aliphatic imine (C=N–C) groups is 1. The molecule has 0 aromatic heterocycles. The zero-order valence-electron chi connectivity index (χ0n) is 14.5. The first-order valence-corrected chi connectivity index (χ1v) is 8.68. The molecular formula is C17H24ClF3N4. The van der Waals surface area contributed by atoms with E-state index in [9.17, 15) is 13.2 Å². The maximum atomic E-state index is 12.2. The van der Waals surface area contributed by atoms with Gasteiger partial charge in [-0.3, -0.25) is 4.99 Å².